The second-order valence-corrected chi connectivity index (χ2v) is 4.51. The van der Waals surface area contributed by atoms with Crippen molar-refractivity contribution in [3.63, 3.8) is 0 Å². The molecule has 0 atom stereocenters. The number of rotatable bonds is 4. The molecule has 0 spiro atoms. The normalized spacial score (nSPS) is 9.75. The summed E-state index contributed by atoms with van der Waals surface area (Å²) in [5.74, 6) is -1.50. The van der Waals surface area contributed by atoms with Crippen LogP contribution in [0.15, 0.2) is 18.2 Å². The maximum Gasteiger partial charge on any atom is 0.338 e. The Morgan fingerprint density at radius 3 is 2.30 bits per heavy atom. The molecule has 3 amide bonds. The predicted molar refractivity (Wildman–Crippen MR) is 74.0 cm³/mol. The second-order valence-electron chi connectivity index (χ2n) is 3.64. The van der Waals surface area contributed by atoms with Gasteiger partial charge in [-0.05, 0) is 25.1 Å². The monoisotopic (exact) mass is 318 g/mol. The van der Waals surface area contributed by atoms with Gasteiger partial charge in [-0.15, -0.1) is 0 Å². The molecule has 0 bridgehead atoms. The van der Waals surface area contributed by atoms with Gasteiger partial charge in [-0.2, -0.15) is 0 Å². The fourth-order valence-electron chi connectivity index (χ4n) is 1.25. The lowest BCUT2D eigenvalue weighted by Gasteiger charge is -2.06. The van der Waals surface area contributed by atoms with Crippen LogP contribution in [-0.2, 0) is 9.53 Å². The highest BCUT2D eigenvalue weighted by atomic mass is 35.5. The summed E-state index contributed by atoms with van der Waals surface area (Å²) in [6.07, 6.45) is 0. The van der Waals surface area contributed by atoms with E-state index in [1.54, 1.807) is 6.92 Å². The van der Waals surface area contributed by atoms with E-state index in [1.807, 2.05) is 5.32 Å². The Kier molecular flexibility index (Phi) is 6.27. The molecule has 1 aromatic carbocycles. The highest BCUT2D eigenvalue weighted by molar-refractivity contribution is 6.35. The largest absolute Gasteiger partial charge is 0.452 e. The fourth-order valence-corrected chi connectivity index (χ4v) is 1.78. The Balaban J connectivity index is 2.50. The third-order valence-corrected chi connectivity index (χ3v) is 2.46. The molecule has 6 nitrogen and oxygen atoms in total. The molecule has 0 unspecified atom stereocenters. The molecule has 0 aliphatic heterocycles. The molecular formula is C12H12Cl2N2O4. The summed E-state index contributed by atoms with van der Waals surface area (Å²) in [4.78, 5) is 34.0. The van der Waals surface area contributed by atoms with E-state index in [-0.39, 0.29) is 15.6 Å². The first-order valence-electron chi connectivity index (χ1n) is 5.63. The Bertz CT molecular complexity index is 514. The van der Waals surface area contributed by atoms with Crippen molar-refractivity contribution in [1.29, 1.82) is 0 Å². The van der Waals surface area contributed by atoms with E-state index < -0.39 is 24.5 Å². The molecule has 0 saturated carbocycles. The van der Waals surface area contributed by atoms with Crippen molar-refractivity contribution in [2.75, 3.05) is 13.2 Å². The first kappa shape index (κ1) is 16.3. The van der Waals surface area contributed by atoms with E-state index >= 15 is 0 Å². The lowest BCUT2D eigenvalue weighted by Crippen LogP contribution is -2.41. The first-order valence-corrected chi connectivity index (χ1v) is 6.39. The third kappa shape index (κ3) is 5.46. The number of esters is 1. The van der Waals surface area contributed by atoms with Gasteiger partial charge < -0.3 is 10.1 Å². The first-order chi connectivity index (χ1) is 9.42. The predicted octanol–water partition coefficient (Wildman–Crippen LogP) is 2.00. The molecular weight excluding hydrogens is 307 g/mol. The van der Waals surface area contributed by atoms with Crippen molar-refractivity contribution < 1.29 is 19.1 Å². The number of amides is 3. The summed E-state index contributed by atoms with van der Waals surface area (Å²) >= 11 is 11.5. The zero-order chi connectivity index (χ0) is 15.1. The van der Waals surface area contributed by atoms with E-state index in [1.165, 1.54) is 18.2 Å². The minimum Gasteiger partial charge on any atom is -0.452 e. The van der Waals surface area contributed by atoms with Crippen LogP contribution >= 0.6 is 23.2 Å². The lowest BCUT2D eigenvalue weighted by atomic mass is 10.2. The van der Waals surface area contributed by atoms with Crippen LogP contribution in [0.5, 0.6) is 0 Å². The molecule has 0 heterocycles. The molecule has 0 aliphatic rings. The van der Waals surface area contributed by atoms with Crippen molar-refractivity contribution in [2.24, 2.45) is 0 Å². The van der Waals surface area contributed by atoms with Crippen LogP contribution in [0.3, 0.4) is 0 Å². The third-order valence-electron chi connectivity index (χ3n) is 2.02. The maximum atomic E-state index is 11.6. The molecule has 8 heteroatoms. The zero-order valence-corrected chi connectivity index (χ0v) is 12.0. The number of carbonyl (C=O) groups is 3. The highest BCUT2D eigenvalue weighted by Gasteiger charge is 2.13. The summed E-state index contributed by atoms with van der Waals surface area (Å²) in [7, 11) is 0. The molecule has 1 aromatic rings. The van der Waals surface area contributed by atoms with Crippen LogP contribution in [0.1, 0.15) is 17.3 Å². The molecule has 108 valence electrons. The SMILES string of the molecule is CCNC(=O)NC(=O)COC(=O)c1cc(Cl)cc(Cl)c1. The topological polar surface area (TPSA) is 84.5 Å². The number of nitrogens with one attached hydrogen (secondary N) is 2. The second kappa shape index (κ2) is 7.72. The Morgan fingerprint density at radius 2 is 1.75 bits per heavy atom. The van der Waals surface area contributed by atoms with Crippen LogP contribution in [0.25, 0.3) is 0 Å². The Morgan fingerprint density at radius 1 is 1.15 bits per heavy atom. The van der Waals surface area contributed by atoms with Gasteiger partial charge in [0.15, 0.2) is 6.61 Å². The molecule has 1 rings (SSSR count). The Labute approximate surface area is 125 Å². The molecule has 0 radical (unpaired) electrons. The van der Waals surface area contributed by atoms with Gasteiger partial charge in [-0.25, -0.2) is 9.59 Å². The average Bonchev–Trinajstić information content (AvgIpc) is 2.35. The van der Waals surface area contributed by atoms with Gasteiger partial charge in [0, 0.05) is 16.6 Å². The number of hydrogen-bond donors (Lipinski definition) is 2. The zero-order valence-electron chi connectivity index (χ0n) is 10.5. The fraction of sp³-hybridized carbons (Fsp3) is 0.250. The summed E-state index contributed by atoms with van der Waals surface area (Å²) < 4.78 is 4.73. The number of carbonyl (C=O) groups excluding carboxylic acids is 3. The van der Waals surface area contributed by atoms with Crippen molar-refractivity contribution >= 4 is 41.1 Å². The smallest absolute Gasteiger partial charge is 0.338 e. The number of imide groups is 1. The van der Waals surface area contributed by atoms with E-state index in [2.05, 4.69) is 5.32 Å². The Hall–Kier alpha value is -1.79. The molecule has 20 heavy (non-hydrogen) atoms. The summed E-state index contributed by atoms with van der Waals surface area (Å²) in [6.45, 7) is 1.49. The summed E-state index contributed by atoms with van der Waals surface area (Å²) in [6, 6.07) is 3.52. The highest BCUT2D eigenvalue weighted by Crippen LogP contribution is 2.19. The van der Waals surface area contributed by atoms with E-state index in [9.17, 15) is 14.4 Å². The van der Waals surface area contributed by atoms with Crippen LogP contribution < -0.4 is 10.6 Å². The average molecular weight is 319 g/mol. The van der Waals surface area contributed by atoms with Crippen molar-refractivity contribution in [1.82, 2.24) is 10.6 Å². The minimum atomic E-state index is -0.763. The van der Waals surface area contributed by atoms with Gasteiger partial charge in [-0.3, -0.25) is 10.1 Å². The lowest BCUT2D eigenvalue weighted by molar-refractivity contribution is -0.123. The van der Waals surface area contributed by atoms with Crippen LogP contribution in [0, 0.1) is 0 Å². The van der Waals surface area contributed by atoms with Crippen molar-refractivity contribution in [3.8, 4) is 0 Å². The molecule has 0 aromatic heterocycles. The van der Waals surface area contributed by atoms with Gasteiger partial charge in [-0.1, -0.05) is 23.2 Å². The number of benzene rings is 1. The summed E-state index contributed by atoms with van der Waals surface area (Å²) in [5, 5.41) is 4.91. The molecule has 2 N–H and O–H groups in total. The van der Waals surface area contributed by atoms with Crippen LogP contribution in [0.4, 0.5) is 4.79 Å². The van der Waals surface area contributed by atoms with E-state index in [4.69, 9.17) is 27.9 Å². The molecule has 0 aliphatic carbocycles. The van der Waals surface area contributed by atoms with Gasteiger partial charge in [0.1, 0.15) is 0 Å². The van der Waals surface area contributed by atoms with Crippen LogP contribution in [-0.4, -0.2) is 31.1 Å². The summed E-state index contributed by atoms with van der Waals surface area (Å²) in [5.41, 5.74) is 0.119. The molecule has 0 saturated heterocycles. The quantitative estimate of drug-likeness (QED) is 0.831. The minimum absolute atomic E-state index is 0.119. The van der Waals surface area contributed by atoms with Gasteiger partial charge in [0.25, 0.3) is 5.91 Å². The number of hydrogen-bond acceptors (Lipinski definition) is 4. The standard InChI is InChI=1S/C12H12Cl2N2O4/c1-2-15-12(19)16-10(17)6-20-11(18)7-3-8(13)5-9(14)4-7/h3-5H,2,6H2,1H3,(H2,15,16,17,19). The van der Waals surface area contributed by atoms with Crippen LogP contribution in [0.2, 0.25) is 10.0 Å². The number of ether oxygens (including phenoxy) is 1. The van der Waals surface area contributed by atoms with Crippen molar-refractivity contribution in [3.05, 3.63) is 33.8 Å². The van der Waals surface area contributed by atoms with E-state index in [0.29, 0.717) is 6.54 Å². The van der Waals surface area contributed by atoms with Crippen molar-refractivity contribution in [2.45, 2.75) is 6.92 Å². The van der Waals surface area contributed by atoms with E-state index in [0.717, 1.165) is 0 Å². The van der Waals surface area contributed by atoms with Gasteiger partial charge in [0.05, 0.1) is 5.56 Å². The van der Waals surface area contributed by atoms with Gasteiger partial charge >= 0.3 is 12.0 Å². The molecule has 0 fully saturated rings. The number of halogens is 2. The maximum absolute atomic E-state index is 11.6. The van der Waals surface area contributed by atoms with Gasteiger partial charge in [0.2, 0.25) is 0 Å². The number of urea groups is 1.